The number of aliphatic hydroxyl groups is 1. The number of rotatable bonds is 4. The summed E-state index contributed by atoms with van der Waals surface area (Å²) in [6, 6.07) is 8.73. The molecule has 114 valence electrons. The van der Waals surface area contributed by atoms with Crippen LogP contribution in [0.25, 0.3) is 0 Å². The molecule has 4 nitrogen and oxygen atoms in total. The van der Waals surface area contributed by atoms with Gasteiger partial charge in [0.2, 0.25) is 5.91 Å². The van der Waals surface area contributed by atoms with Crippen LogP contribution in [0.15, 0.2) is 24.3 Å². The molecule has 2 heterocycles. The van der Waals surface area contributed by atoms with Gasteiger partial charge in [-0.15, -0.1) is 0 Å². The number of aliphatic hydroxyl groups excluding tert-OH is 1. The number of hydrogen-bond donors (Lipinski definition) is 2. The Balaban J connectivity index is 1.67. The minimum Gasteiger partial charge on any atom is -0.392 e. The molecule has 3 rings (SSSR count). The molecule has 0 saturated carbocycles. The lowest BCUT2D eigenvalue weighted by Gasteiger charge is -2.38. The largest absolute Gasteiger partial charge is 0.392 e. The molecule has 0 aromatic heterocycles. The predicted octanol–water partition coefficient (Wildman–Crippen LogP) is 1.67. The van der Waals surface area contributed by atoms with Crippen molar-refractivity contribution < 1.29 is 9.90 Å². The molecule has 2 saturated heterocycles. The zero-order valence-corrected chi connectivity index (χ0v) is 12.4. The SMILES string of the molecule is O=C1CC(C2CCCCN2Cc2ccc(CO)cc2)CN1. The molecule has 21 heavy (non-hydrogen) atoms. The lowest BCUT2D eigenvalue weighted by atomic mass is 9.89. The summed E-state index contributed by atoms with van der Waals surface area (Å²) in [5.41, 5.74) is 2.25. The fourth-order valence-electron chi connectivity index (χ4n) is 3.63. The van der Waals surface area contributed by atoms with Gasteiger partial charge in [0.25, 0.3) is 0 Å². The van der Waals surface area contributed by atoms with Gasteiger partial charge in [-0.25, -0.2) is 0 Å². The molecule has 0 spiro atoms. The van der Waals surface area contributed by atoms with Crippen molar-refractivity contribution in [2.75, 3.05) is 13.1 Å². The average Bonchev–Trinajstić information content (AvgIpc) is 2.95. The number of nitrogens with zero attached hydrogens (tertiary/aromatic N) is 1. The Labute approximate surface area is 126 Å². The van der Waals surface area contributed by atoms with Gasteiger partial charge in [0.1, 0.15) is 0 Å². The number of hydrogen-bond acceptors (Lipinski definition) is 3. The summed E-state index contributed by atoms with van der Waals surface area (Å²) in [6.45, 7) is 3.00. The third-order valence-corrected chi connectivity index (χ3v) is 4.81. The quantitative estimate of drug-likeness (QED) is 0.886. The van der Waals surface area contributed by atoms with Crippen LogP contribution < -0.4 is 5.32 Å². The van der Waals surface area contributed by atoms with Crippen LogP contribution in [-0.4, -0.2) is 35.0 Å². The van der Waals surface area contributed by atoms with Gasteiger partial charge >= 0.3 is 0 Å². The van der Waals surface area contributed by atoms with Crippen molar-refractivity contribution in [3.05, 3.63) is 35.4 Å². The van der Waals surface area contributed by atoms with E-state index in [1.807, 2.05) is 12.1 Å². The highest BCUT2D eigenvalue weighted by molar-refractivity contribution is 5.78. The lowest BCUT2D eigenvalue weighted by molar-refractivity contribution is -0.119. The van der Waals surface area contributed by atoms with E-state index in [2.05, 4.69) is 22.3 Å². The summed E-state index contributed by atoms with van der Waals surface area (Å²) < 4.78 is 0. The van der Waals surface area contributed by atoms with Crippen molar-refractivity contribution in [1.82, 2.24) is 10.2 Å². The van der Waals surface area contributed by atoms with Crippen LogP contribution in [0.4, 0.5) is 0 Å². The number of nitrogens with one attached hydrogen (secondary N) is 1. The van der Waals surface area contributed by atoms with Crippen molar-refractivity contribution in [2.45, 2.75) is 44.9 Å². The van der Waals surface area contributed by atoms with Crippen molar-refractivity contribution in [1.29, 1.82) is 0 Å². The van der Waals surface area contributed by atoms with E-state index in [1.165, 1.54) is 24.8 Å². The predicted molar refractivity (Wildman–Crippen MR) is 81.5 cm³/mol. The van der Waals surface area contributed by atoms with Crippen molar-refractivity contribution in [2.24, 2.45) is 5.92 Å². The first-order chi connectivity index (χ1) is 10.3. The molecule has 2 aliphatic rings. The Morgan fingerprint density at radius 1 is 1.19 bits per heavy atom. The van der Waals surface area contributed by atoms with Gasteiger partial charge in [-0.05, 0) is 30.5 Å². The second kappa shape index (κ2) is 6.58. The number of amides is 1. The summed E-state index contributed by atoms with van der Waals surface area (Å²) in [5.74, 6) is 0.673. The van der Waals surface area contributed by atoms with Crippen LogP contribution in [0.3, 0.4) is 0 Å². The Bertz CT molecular complexity index is 486. The van der Waals surface area contributed by atoms with E-state index in [0.29, 0.717) is 18.4 Å². The highest BCUT2D eigenvalue weighted by Gasteiger charge is 2.34. The topological polar surface area (TPSA) is 52.6 Å². The van der Waals surface area contributed by atoms with Crippen LogP contribution in [-0.2, 0) is 17.9 Å². The zero-order chi connectivity index (χ0) is 14.7. The van der Waals surface area contributed by atoms with Crippen LogP contribution in [0.2, 0.25) is 0 Å². The van der Waals surface area contributed by atoms with Gasteiger partial charge in [0.15, 0.2) is 0 Å². The average molecular weight is 288 g/mol. The Hall–Kier alpha value is -1.39. The Morgan fingerprint density at radius 2 is 1.95 bits per heavy atom. The van der Waals surface area contributed by atoms with E-state index in [-0.39, 0.29) is 12.5 Å². The molecule has 2 unspecified atom stereocenters. The van der Waals surface area contributed by atoms with Gasteiger partial charge in [-0.2, -0.15) is 0 Å². The number of likely N-dealkylation sites (tertiary alicyclic amines) is 1. The molecule has 4 heteroatoms. The summed E-state index contributed by atoms with van der Waals surface area (Å²) in [6.07, 6.45) is 4.41. The monoisotopic (exact) mass is 288 g/mol. The van der Waals surface area contributed by atoms with Crippen LogP contribution >= 0.6 is 0 Å². The molecule has 1 aromatic rings. The van der Waals surface area contributed by atoms with Crippen molar-refractivity contribution >= 4 is 5.91 Å². The molecule has 0 radical (unpaired) electrons. The first-order valence-electron chi connectivity index (χ1n) is 7.95. The maximum atomic E-state index is 11.5. The van der Waals surface area contributed by atoms with E-state index in [9.17, 15) is 4.79 Å². The summed E-state index contributed by atoms with van der Waals surface area (Å²) >= 11 is 0. The van der Waals surface area contributed by atoms with Crippen molar-refractivity contribution in [3.8, 4) is 0 Å². The van der Waals surface area contributed by atoms with E-state index in [4.69, 9.17) is 5.11 Å². The van der Waals surface area contributed by atoms with Gasteiger partial charge in [0.05, 0.1) is 6.61 Å². The molecule has 2 fully saturated rings. The van der Waals surface area contributed by atoms with E-state index in [1.54, 1.807) is 0 Å². The highest BCUT2D eigenvalue weighted by atomic mass is 16.3. The third-order valence-electron chi connectivity index (χ3n) is 4.81. The molecule has 0 aliphatic carbocycles. The number of benzene rings is 1. The van der Waals surface area contributed by atoms with Crippen LogP contribution in [0.1, 0.15) is 36.8 Å². The summed E-state index contributed by atoms with van der Waals surface area (Å²) in [5, 5.41) is 12.1. The molecular formula is C17H24N2O2. The van der Waals surface area contributed by atoms with Gasteiger partial charge < -0.3 is 10.4 Å². The first-order valence-corrected chi connectivity index (χ1v) is 7.95. The summed E-state index contributed by atoms with van der Waals surface area (Å²) in [4.78, 5) is 14.0. The number of carbonyl (C=O) groups excluding carboxylic acids is 1. The fourth-order valence-corrected chi connectivity index (χ4v) is 3.63. The smallest absolute Gasteiger partial charge is 0.220 e. The molecule has 1 aromatic carbocycles. The van der Waals surface area contributed by atoms with Gasteiger partial charge in [-0.1, -0.05) is 30.7 Å². The maximum absolute atomic E-state index is 11.5. The highest BCUT2D eigenvalue weighted by Crippen LogP contribution is 2.28. The molecular weight excluding hydrogens is 264 g/mol. The second-order valence-corrected chi connectivity index (χ2v) is 6.28. The standard InChI is InChI=1S/C17H24N2O2/c20-12-14-6-4-13(5-7-14)11-19-8-2-1-3-16(19)15-9-17(21)18-10-15/h4-7,15-16,20H,1-3,8-12H2,(H,18,21). The van der Waals surface area contributed by atoms with E-state index >= 15 is 0 Å². The first kappa shape index (κ1) is 14.5. The summed E-state index contributed by atoms with van der Waals surface area (Å²) in [7, 11) is 0. The molecule has 1 amide bonds. The molecule has 0 bridgehead atoms. The number of piperidine rings is 1. The lowest BCUT2D eigenvalue weighted by Crippen LogP contribution is -2.44. The van der Waals surface area contributed by atoms with Crippen molar-refractivity contribution in [3.63, 3.8) is 0 Å². The van der Waals surface area contributed by atoms with Gasteiger partial charge in [-0.3, -0.25) is 9.69 Å². The molecule has 2 atom stereocenters. The second-order valence-electron chi connectivity index (χ2n) is 6.28. The molecule has 2 aliphatic heterocycles. The van der Waals surface area contributed by atoms with Crippen LogP contribution in [0.5, 0.6) is 0 Å². The van der Waals surface area contributed by atoms with Gasteiger partial charge in [0, 0.05) is 31.5 Å². The minimum atomic E-state index is 0.0997. The Morgan fingerprint density at radius 3 is 2.62 bits per heavy atom. The van der Waals surface area contributed by atoms with E-state index in [0.717, 1.165) is 25.2 Å². The fraction of sp³-hybridized carbons (Fsp3) is 0.588. The third kappa shape index (κ3) is 3.44. The molecule has 2 N–H and O–H groups in total. The minimum absolute atomic E-state index is 0.0997. The zero-order valence-electron chi connectivity index (χ0n) is 12.4. The van der Waals surface area contributed by atoms with E-state index < -0.39 is 0 Å². The van der Waals surface area contributed by atoms with Crippen LogP contribution in [0, 0.1) is 5.92 Å². The number of carbonyl (C=O) groups is 1. The Kier molecular flexibility index (Phi) is 4.56. The maximum Gasteiger partial charge on any atom is 0.220 e. The normalized spacial score (nSPS) is 26.8.